The van der Waals surface area contributed by atoms with Gasteiger partial charge in [-0.1, -0.05) is 26.0 Å². The van der Waals surface area contributed by atoms with Gasteiger partial charge in [0, 0.05) is 18.8 Å². The lowest BCUT2D eigenvalue weighted by atomic mass is 10.2. The molecule has 0 amide bonds. The Hall–Kier alpha value is -1.02. The Morgan fingerprint density at radius 2 is 1.80 bits per heavy atom. The number of aliphatic hydroxyl groups is 1. The molecule has 0 aliphatic rings. The molecule has 1 aromatic carbocycles. The summed E-state index contributed by atoms with van der Waals surface area (Å²) in [6.07, 6.45) is 2.31. The number of rotatable bonds is 6. The lowest BCUT2D eigenvalue weighted by molar-refractivity contribution is 0.282. The van der Waals surface area contributed by atoms with E-state index in [2.05, 4.69) is 30.9 Å². The average molecular weight is 207 g/mol. The van der Waals surface area contributed by atoms with Gasteiger partial charge in [0.2, 0.25) is 0 Å². The van der Waals surface area contributed by atoms with Gasteiger partial charge < -0.3 is 10.0 Å². The largest absolute Gasteiger partial charge is 0.392 e. The Balaban J connectivity index is 2.79. The maximum atomic E-state index is 9.09. The van der Waals surface area contributed by atoms with Crippen molar-refractivity contribution in [3.8, 4) is 0 Å². The zero-order valence-electron chi connectivity index (χ0n) is 9.74. The molecule has 0 spiro atoms. The number of hydrogen-bond donors (Lipinski definition) is 1. The van der Waals surface area contributed by atoms with Crippen molar-refractivity contribution in [2.24, 2.45) is 0 Å². The van der Waals surface area contributed by atoms with E-state index in [0.717, 1.165) is 31.5 Å². The van der Waals surface area contributed by atoms with Crippen molar-refractivity contribution in [2.45, 2.75) is 33.3 Å². The summed E-state index contributed by atoms with van der Waals surface area (Å²) in [7, 11) is 0. The van der Waals surface area contributed by atoms with Crippen LogP contribution in [0.1, 0.15) is 32.3 Å². The van der Waals surface area contributed by atoms with Crippen LogP contribution >= 0.6 is 0 Å². The zero-order valence-corrected chi connectivity index (χ0v) is 9.74. The van der Waals surface area contributed by atoms with Gasteiger partial charge in [0.05, 0.1) is 6.61 Å². The lowest BCUT2D eigenvalue weighted by Crippen LogP contribution is -2.24. The summed E-state index contributed by atoms with van der Waals surface area (Å²) in [6.45, 7) is 6.68. The topological polar surface area (TPSA) is 23.5 Å². The van der Waals surface area contributed by atoms with Crippen LogP contribution in [0.5, 0.6) is 0 Å². The van der Waals surface area contributed by atoms with E-state index in [-0.39, 0.29) is 6.61 Å². The first kappa shape index (κ1) is 12.1. The van der Waals surface area contributed by atoms with Crippen LogP contribution in [0.2, 0.25) is 0 Å². The minimum Gasteiger partial charge on any atom is -0.392 e. The van der Waals surface area contributed by atoms with Gasteiger partial charge in [0.1, 0.15) is 0 Å². The second-order valence-corrected chi connectivity index (χ2v) is 3.82. The van der Waals surface area contributed by atoms with E-state index in [4.69, 9.17) is 5.11 Å². The summed E-state index contributed by atoms with van der Waals surface area (Å²) in [5.74, 6) is 0. The molecule has 0 aromatic heterocycles. The maximum absolute atomic E-state index is 9.09. The minimum absolute atomic E-state index is 0.125. The van der Waals surface area contributed by atoms with Crippen LogP contribution in [0.15, 0.2) is 24.3 Å². The van der Waals surface area contributed by atoms with Crippen molar-refractivity contribution in [3.63, 3.8) is 0 Å². The van der Waals surface area contributed by atoms with Gasteiger partial charge in [-0.15, -0.1) is 0 Å². The van der Waals surface area contributed by atoms with E-state index >= 15 is 0 Å². The number of aliphatic hydroxyl groups excluding tert-OH is 1. The first-order valence-electron chi connectivity index (χ1n) is 5.76. The fraction of sp³-hybridized carbons (Fsp3) is 0.538. The fourth-order valence-corrected chi connectivity index (χ4v) is 1.76. The first-order chi connectivity index (χ1) is 7.31. The molecule has 0 heterocycles. The number of anilines is 1. The summed E-state index contributed by atoms with van der Waals surface area (Å²) in [5, 5.41) is 9.09. The Bertz CT molecular complexity index is 280. The van der Waals surface area contributed by atoms with Crippen molar-refractivity contribution < 1.29 is 5.11 Å². The quantitative estimate of drug-likeness (QED) is 0.775. The third-order valence-electron chi connectivity index (χ3n) is 2.45. The molecule has 0 radical (unpaired) electrons. The SMILES string of the molecule is CCCN(CCC)c1cccc(CO)c1. The molecule has 0 unspecified atom stereocenters. The van der Waals surface area contributed by atoms with Gasteiger partial charge in [-0.2, -0.15) is 0 Å². The average Bonchev–Trinajstić information content (AvgIpc) is 2.29. The van der Waals surface area contributed by atoms with Crippen LogP contribution in [0, 0.1) is 0 Å². The van der Waals surface area contributed by atoms with Crippen LogP contribution in [0.25, 0.3) is 0 Å². The summed E-state index contributed by atoms with van der Waals surface area (Å²) in [6, 6.07) is 8.16. The minimum atomic E-state index is 0.125. The number of nitrogens with zero attached hydrogens (tertiary/aromatic N) is 1. The third-order valence-corrected chi connectivity index (χ3v) is 2.45. The lowest BCUT2D eigenvalue weighted by Gasteiger charge is -2.24. The Kier molecular flexibility index (Phi) is 5.19. The number of hydrogen-bond acceptors (Lipinski definition) is 2. The van der Waals surface area contributed by atoms with E-state index in [9.17, 15) is 0 Å². The van der Waals surface area contributed by atoms with Crippen LogP contribution < -0.4 is 4.90 Å². The molecule has 84 valence electrons. The van der Waals surface area contributed by atoms with Gasteiger partial charge in [-0.3, -0.25) is 0 Å². The second-order valence-electron chi connectivity index (χ2n) is 3.82. The van der Waals surface area contributed by atoms with Gasteiger partial charge in [0.25, 0.3) is 0 Å². The molecular formula is C13H21NO. The second kappa shape index (κ2) is 6.46. The summed E-state index contributed by atoms with van der Waals surface area (Å²) >= 11 is 0. The molecule has 0 saturated heterocycles. The van der Waals surface area contributed by atoms with Gasteiger partial charge in [0.15, 0.2) is 0 Å². The highest BCUT2D eigenvalue weighted by molar-refractivity contribution is 5.48. The van der Waals surface area contributed by atoms with E-state index in [0.29, 0.717) is 0 Å². The zero-order chi connectivity index (χ0) is 11.1. The molecule has 0 atom stereocenters. The molecule has 0 saturated carbocycles. The molecule has 1 rings (SSSR count). The first-order valence-corrected chi connectivity index (χ1v) is 5.76. The number of benzene rings is 1. The standard InChI is InChI=1S/C13H21NO/c1-3-8-14(9-4-2)13-7-5-6-12(10-13)11-15/h5-7,10,15H,3-4,8-9,11H2,1-2H3. The van der Waals surface area contributed by atoms with E-state index in [1.54, 1.807) is 0 Å². The van der Waals surface area contributed by atoms with Crippen molar-refractivity contribution in [1.82, 2.24) is 0 Å². The van der Waals surface area contributed by atoms with Crippen LogP contribution in [-0.2, 0) is 6.61 Å². The molecule has 0 fully saturated rings. The smallest absolute Gasteiger partial charge is 0.0682 e. The van der Waals surface area contributed by atoms with Gasteiger partial charge in [-0.05, 0) is 30.5 Å². The van der Waals surface area contributed by atoms with E-state index in [1.165, 1.54) is 5.69 Å². The highest BCUT2D eigenvalue weighted by Gasteiger charge is 2.04. The molecule has 15 heavy (non-hydrogen) atoms. The summed E-state index contributed by atoms with van der Waals surface area (Å²) in [4.78, 5) is 2.37. The summed E-state index contributed by atoms with van der Waals surface area (Å²) < 4.78 is 0. The normalized spacial score (nSPS) is 10.3. The van der Waals surface area contributed by atoms with Crippen molar-refractivity contribution in [3.05, 3.63) is 29.8 Å². The Morgan fingerprint density at radius 3 is 2.33 bits per heavy atom. The van der Waals surface area contributed by atoms with Crippen LogP contribution in [-0.4, -0.2) is 18.2 Å². The van der Waals surface area contributed by atoms with Crippen molar-refractivity contribution >= 4 is 5.69 Å². The molecule has 1 N–H and O–H groups in total. The van der Waals surface area contributed by atoms with E-state index < -0.39 is 0 Å². The van der Waals surface area contributed by atoms with Crippen LogP contribution in [0.3, 0.4) is 0 Å². The van der Waals surface area contributed by atoms with Gasteiger partial charge in [-0.25, -0.2) is 0 Å². The fourth-order valence-electron chi connectivity index (χ4n) is 1.76. The highest BCUT2D eigenvalue weighted by Crippen LogP contribution is 2.17. The molecule has 2 heteroatoms. The van der Waals surface area contributed by atoms with Gasteiger partial charge >= 0.3 is 0 Å². The molecule has 0 bridgehead atoms. The monoisotopic (exact) mass is 207 g/mol. The predicted octanol–water partition coefficient (Wildman–Crippen LogP) is 2.81. The van der Waals surface area contributed by atoms with E-state index in [1.807, 2.05) is 12.1 Å². The molecule has 1 aromatic rings. The Labute approximate surface area is 92.5 Å². The molecular weight excluding hydrogens is 186 g/mol. The maximum Gasteiger partial charge on any atom is 0.0682 e. The molecule has 2 nitrogen and oxygen atoms in total. The van der Waals surface area contributed by atoms with Crippen molar-refractivity contribution in [1.29, 1.82) is 0 Å². The highest BCUT2D eigenvalue weighted by atomic mass is 16.3. The third kappa shape index (κ3) is 3.56. The molecule has 0 aliphatic heterocycles. The summed E-state index contributed by atoms with van der Waals surface area (Å²) in [5.41, 5.74) is 2.22. The Morgan fingerprint density at radius 1 is 1.13 bits per heavy atom. The van der Waals surface area contributed by atoms with Crippen LogP contribution in [0.4, 0.5) is 5.69 Å². The molecule has 0 aliphatic carbocycles. The van der Waals surface area contributed by atoms with Crippen molar-refractivity contribution in [2.75, 3.05) is 18.0 Å². The predicted molar refractivity (Wildman–Crippen MR) is 65.2 cm³/mol.